The van der Waals surface area contributed by atoms with Gasteiger partial charge in [-0.3, -0.25) is 19.2 Å². The average Bonchev–Trinajstić information content (AvgIpc) is 2.78. The first-order valence-corrected chi connectivity index (χ1v) is 8.52. The van der Waals surface area contributed by atoms with Gasteiger partial charge in [0.15, 0.2) is 0 Å². The predicted octanol–water partition coefficient (Wildman–Crippen LogP) is 2.66. The van der Waals surface area contributed by atoms with Crippen LogP contribution < -0.4 is 0 Å². The van der Waals surface area contributed by atoms with Crippen molar-refractivity contribution in [1.29, 1.82) is 0 Å². The largest absolute Gasteiger partial charge is 0.481 e. The van der Waals surface area contributed by atoms with Crippen LogP contribution in [-0.4, -0.2) is 28.4 Å². The van der Waals surface area contributed by atoms with Crippen LogP contribution in [0.25, 0.3) is 0 Å². The van der Waals surface area contributed by atoms with E-state index in [0.717, 1.165) is 12.8 Å². The highest BCUT2D eigenvalue weighted by Gasteiger charge is 2.58. The summed E-state index contributed by atoms with van der Waals surface area (Å²) in [5, 5.41) is 7.72. The van der Waals surface area contributed by atoms with Crippen molar-refractivity contribution in [1.82, 2.24) is 0 Å². The van der Waals surface area contributed by atoms with Crippen LogP contribution in [0.1, 0.15) is 59.3 Å². The lowest BCUT2D eigenvalue weighted by molar-refractivity contribution is -0.151. The normalized spacial score (nSPS) is 39.2. The molecule has 3 rings (SSSR count). The van der Waals surface area contributed by atoms with E-state index in [9.17, 15) is 19.2 Å². The molecule has 0 heterocycles. The number of carbonyl (C=O) groups excluding carboxylic acids is 3. The zero-order chi connectivity index (χ0) is 17.4. The summed E-state index contributed by atoms with van der Waals surface area (Å²) in [6, 6.07) is 0. The maximum atomic E-state index is 12.4. The lowest BCUT2D eigenvalue weighted by atomic mass is 9.54. The minimum absolute atomic E-state index is 0.102. The number of carboxylic acid groups (broad SMARTS) is 1. The predicted molar refractivity (Wildman–Crippen MR) is 83.8 cm³/mol. The van der Waals surface area contributed by atoms with Crippen molar-refractivity contribution in [2.75, 3.05) is 0 Å². The number of aliphatic carboxylic acids is 1. The van der Waals surface area contributed by atoms with Crippen LogP contribution in [0.3, 0.4) is 0 Å². The lowest BCUT2D eigenvalue weighted by Gasteiger charge is -2.48. The van der Waals surface area contributed by atoms with E-state index in [1.54, 1.807) is 6.92 Å². The summed E-state index contributed by atoms with van der Waals surface area (Å²) < 4.78 is 0. The summed E-state index contributed by atoms with van der Waals surface area (Å²) >= 11 is 0. The molecule has 0 radical (unpaired) electrons. The highest BCUT2D eigenvalue weighted by molar-refractivity contribution is 5.97. The summed E-state index contributed by atoms with van der Waals surface area (Å²) in [6.07, 6.45) is 3.55. The quantitative estimate of drug-likeness (QED) is 0.801. The third kappa shape index (κ3) is 3.10. The first-order valence-electron chi connectivity index (χ1n) is 8.52. The topological polar surface area (TPSA) is 88.5 Å². The van der Waals surface area contributed by atoms with E-state index in [2.05, 4.69) is 0 Å². The molecule has 23 heavy (non-hydrogen) atoms. The average molecular weight is 322 g/mol. The van der Waals surface area contributed by atoms with E-state index in [0.29, 0.717) is 25.2 Å². The molecule has 3 aliphatic rings. The van der Waals surface area contributed by atoms with Gasteiger partial charge in [0.2, 0.25) is 0 Å². The van der Waals surface area contributed by atoms with Crippen LogP contribution in [0.5, 0.6) is 0 Å². The Labute approximate surface area is 136 Å². The molecule has 0 aromatic carbocycles. The van der Waals surface area contributed by atoms with Gasteiger partial charge in [-0.2, -0.15) is 0 Å². The number of carboxylic acids is 1. The van der Waals surface area contributed by atoms with Gasteiger partial charge in [-0.15, -0.1) is 0 Å². The Morgan fingerprint density at radius 1 is 1.17 bits per heavy atom. The Balaban J connectivity index is 0.000000338. The summed E-state index contributed by atoms with van der Waals surface area (Å²) in [4.78, 5) is 45.6. The van der Waals surface area contributed by atoms with Crippen molar-refractivity contribution >= 4 is 23.3 Å². The van der Waals surface area contributed by atoms with E-state index in [1.807, 2.05) is 13.8 Å². The molecule has 5 atom stereocenters. The molecule has 3 aliphatic carbocycles. The SMILES string of the molecule is CC1C(=O)CCC2C1C(=O)CC1(C)C(=O)CCC21.CCC(=O)O. The van der Waals surface area contributed by atoms with Gasteiger partial charge in [-0.1, -0.05) is 20.8 Å². The Bertz CT molecular complexity index is 538. The van der Waals surface area contributed by atoms with Crippen molar-refractivity contribution in [2.24, 2.45) is 29.1 Å². The van der Waals surface area contributed by atoms with Gasteiger partial charge in [-0.05, 0) is 24.7 Å². The third-order valence-corrected chi connectivity index (χ3v) is 6.10. The van der Waals surface area contributed by atoms with Gasteiger partial charge in [0.05, 0.1) is 0 Å². The third-order valence-electron chi connectivity index (χ3n) is 6.10. The molecule has 0 bridgehead atoms. The molecule has 1 N–H and O–H groups in total. The zero-order valence-electron chi connectivity index (χ0n) is 14.1. The summed E-state index contributed by atoms with van der Waals surface area (Å²) in [6.45, 7) is 5.47. The van der Waals surface area contributed by atoms with Gasteiger partial charge < -0.3 is 5.11 Å². The van der Waals surface area contributed by atoms with Crippen LogP contribution >= 0.6 is 0 Å². The Morgan fingerprint density at radius 3 is 2.35 bits per heavy atom. The number of ketones is 3. The van der Waals surface area contributed by atoms with Gasteiger partial charge >= 0.3 is 5.97 Å². The second kappa shape index (κ2) is 6.54. The fourth-order valence-electron chi connectivity index (χ4n) is 4.75. The number of Topliss-reactive ketones (excluding diaryl/α,β-unsaturated/α-hetero) is 3. The lowest BCUT2D eigenvalue weighted by Crippen LogP contribution is -2.51. The van der Waals surface area contributed by atoms with E-state index < -0.39 is 11.4 Å². The number of hydrogen-bond donors (Lipinski definition) is 1. The first-order chi connectivity index (χ1) is 10.7. The smallest absolute Gasteiger partial charge is 0.303 e. The van der Waals surface area contributed by atoms with Gasteiger partial charge in [-0.25, -0.2) is 0 Å². The molecule has 0 saturated heterocycles. The summed E-state index contributed by atoms with van der Waals surface area (Å²) in [5.41, 5.74) is -0.418. The minimum atomic E-state index is -0.745. The van der Waals surface area contributed by atoms with Crippen LogP contribution in [0.15, 0.2) is 0 Å². The molecular formula is C18H26O5. The van der Waals surface area contributed by atoms with Crippen LogP contribution in [0, 0.1) is 29.1 Å². The zero-order valence-corrected chi connectivity index (χ0v) is 14.1. The molecule has 0 aliphatic heterocycles. The number of fused-ring (bicyclic) bond motifs is 3. The fraction of sp³-hybridized carbons (Fsp3) is 0.778. The number of rotatable bonds is 1. The summed E-state index contributed by atoms with van der Waals surface area (Å²) in [5.74, 6) is 0.298. The highest BCUT2D eigenvalue weighted by Crippen LogP contribution is 2.56. The van der Waals surface area contributed by atoms with Crippen molar-refractivity contribution in [2.45, 2.75) is 59.3 Å². The van der Waals surface area contributed by atoms with Gasteiger partial charge in [0, 0.05) is 42.9 Å². The molecular weight excluding hydrogens is 296 g/mol. The molecule has 0 spiro atoms. The molecule has 3 fully saturated rings. The number of hydrogen-bond acceptors (Lipinski definition) is 4. The highest BCUT2D eigenvalue weighted by atomic mass is 16.4. The first kappa shape index (κ1) is 17.8. The van der Waals surface area contributed by atoms with E-state index in [1.165, 1.54) is 0 Å². The maximum Gasteiger partial charge on any atom is 0.303 e. The Hall–Kier alpha value is -1.52. The second-order valence-electron chi connectivity index (χ2n) is 7.36. The van der Waals surface area contributed by atoms with Crippen molar-refractivity contribution in [3.63, 3.8) is 0 Å². The van der Waals surface area contributed by atoms with E-state index in [-0.39, 0.29) is 41.5 Å². The molecule has 3 saturated carbocycles. The Morgan fingerprint density at radius 2 is 1.78 bits per heavy atom. The number of carbonyl (C=O) groups is 4. The van der Waals surface area contributed by atoms with Crippen LogP contribution in [0.4, 0.5) is 0 Å². The van der Waals surface area contributed by atoms with Crippen LogP contribution in [-0.2, 0) is 19.2 Å². The molecule has 128 valence electrons. The van der Waals surface area contributed by atoms with E-state index in [4.69, 9.17) is 5.11 Å². The molecule has 0 aromatic heterocycles. The monoisotopic (exact) mass is 322 g/mol. The summed E-state index contributed by atoms with van der Waals surface area (Å²) in [7, 11) is 0. The standard InChI is InChI=1S/C15H20O3.C3H6O2/c1-8-11(16)5-3-9-10-4-6-13(18)15(10,2)7-12(17)14(8)9;1-2-3(4)5/h8-10,14H,3-7H2,1-2H3;2H2,1H3,(H,4,5). The van der Waals surface area contributed by atoms with Crippen LogP contribution in [0.2, 0.25) is 0 Å². The van der Waals surface area contributed by atoms with Crippen molar-refractivity contribution in [3.8, 4) is 0 Å². The minimum Gasteiger partial charge on any atom is -0.481 e. The molecule has 0 aromatic rings. The molecule has 5 unspecified atom stereocenters. The van der Waals surface area contributed by atoms with Gasteiger partial charge in [0.25, 0.3) is 0 Å². The second-order valence-corrected chi connectivity index (χ2v) is 7.36. The maximum absolute atomic E-state index is 12.4. The van der Waals surface area contributed by atoms with E-state index >= 15 is 0 Å². The molecule has 0 amide bonds. The fourth-order valence-corrected chi connectivity index (χ4v) is 4.75. The molecule has 5 nitrogen and oxygen atoms in total. The van der Waals surface area contributed by atoms with Crippen molar-refractivity contribution < 1.29 is 24.3 Å². The Kier molecular flexibility index (Phi) is 5.07. The molecule has 5 heteroatoms. The van der Waals surface area contributed by atoms with Gasteiger partial charge in [0.1, 0.15) is 17.3 Å². The van der Waals surface area contributed by atoms with Crippen molar-refractivity contribution in [3.05, 3.63) is 0 Å².